The first-order chi connectivity index (χ1) is 10.8. The van der Waals surface area contributed by atoms with Gasteiger partial charge in [-0.3, -0.25) is 0 Å². The van der Waals surface area contributed by atoms with Crippen molar-refractivity contribution in [2.75, 3.05) is 13.4 Å². The highest BCUT2D eigenvalue weighted by atomic mass is 32.2. The average molecular weight is 339 g/mol. The van der Waals surface area contributed by atoms with Crippen LogP contribution in [0, 0.1) is 0 Å². The van der Waals surface area contributed by atoms with Gasteiger partial charge in [0.05, 0.1) is 7.11 Å². The largest absolute Gasteiger partial charge is 0.467 e. The molecule has 7 nitrogen and oxygen atoms in total. The molecule has 0 spiro atoms. The van der Waals surface area contributed by atoms with Gasteiger partial charge in [-0.2, -0.15) is 0 Å². The van der Waals surface area contributed by atoms with Crippen molar-refractivity contribution in [2.45, 2.75) is 18.0 Å². The maximum absolute atomic E-state index is 12.2. The number of carbonyl (C=O) groups excluding carboxylic acids is 2. The van der Waals surface area contributed by atoms with E-state index in [9.17, 15) is 18.0 Å². The molecule has 23 heavy (non-hydrogen) atoms. The fourth-order valence-corrected chi connectivity index (χ4v) is 3.10. The van der Waals surface area contributed by atoms with Crippen LogP contribution >= 0.6 is 0 Å². The minimum atomic E-state index is -3.48. The Morgan fingerprint density at radius 3 is 2.35 bits per heavy atom. The van der Waals surface area contributed by atoms with Crippen molar-refractivity contribution in [1.82, 2.24) is 4.90 Å². The van der Waals surface area contributed by atoms with E-state index in [1.807, 2.05) is 6.07 Å². The number of benzene rings is 1. The van der Waals surface area contributed by atoms with Crippen molar-refractivity contribution in [3.05, 3.63) is 48.2 Å². The molecule has 0 amide bonds. The molecule has 8 heteroatoms. The summed E-state index contributed by atoms with van der Waals surface area (Å²) in [5.41, 5.74) is 0.753. The van der Waals surface area contributed by atoms with E-state index in [2.05, 4.69) is 4.74 Å². The van der Waals surface area contributed by atoms with Gasteiger partial charge in [0.1, 0.15) is 6.61 Å². The molecular formula is C15H17NO6S. The zero-order chi connectivity index (χ0) is 17.0. The van der Waals surface area contributed by atoms with Crippen LogP contribution in [-0.2, 0) is 35.5 Å². The molecular weight excluding hydrogens is 322 g/mol. The molecule has 0 saturated heterocycles. The van der Waals surface area contributed by atoms with Crippen molar-refractivity contribution in [2.24, 2.45) is 0 Å². The van der Waals surface area contributed by atoms with Gasteiger partial charge in [0.2, 0.25) is 6.04 Å². The first-order valence-electron chi connectivity index (χ1n) is 6.77. The quantitative estimate of drug-likeness (QED) is 0.550. The maximum Gasteiger partial charge on any atom is 0.340 e. The summed E-state index contributed by atoms with van der Waals surface area (Å²) < 4.78 is 33.0. The molecule has 124 valence electrons. The number of rotatable bonds is 6. The SMILES string of the molecule is COC(=O)C(C(=O)OCc1ccccc1)N1C=CC1S(C)(=O)=O. The number of hydrogen-bond acceptors (Lipinski definition) is 7. The van der Waals surface area contributed by atoms with Crippen molar-refractivity contribution < 1.29 is 27.5 Å². The van der Waals surface area contributed by atoms with E-state index in [0.717, 1.165) is 23.8 Å². The van der Waals surface area contributed by atoms with Crippen molar-refractivity contribution >= 4 is 21.8 Å². The zero-order valence-corrected chi connectivity index (χ0v) is 13.5. The van der Waals surface area contributed by atoms with Crippen LogP contribution in [0.5, 0.6) is 0 Å². The fourth-order valence-electron chi connectivity index (χ4n) is 2.11. The Morgan fingerprint density at radius 1 is 1.22 bits per heavy atom. The summed E-state index contributed by atoms with van der Waals surface area (Å²) in [5.74, 6) is -1.74. The first kappa shape index (κ1) is 17.0. The van der Waals surface area contributed by atoms with Gasteiger partial charge in [-0.15, -0.1) is 0 Å². The summed E-state index contributed by atoms with van der Waals surface area (Å²) >= 11 is 0. The molecule has 0 fully saturated rings. The van der Waals surface area contributed by atoms with E-state index in [1.165, 1.54) is 12.3 Å². The molecule has 0 radical (unpaired) electrons. The highest BCUT2D eigenvalue weighted by Gasteiger charge is 2.43. The van der Waals surface area contributed by atoms with Gasteiger partial charge < -0.3 is 14.4 Å². The third-order valence-electron chi connectivity index (χ3n) is 3.33. The number of hydrogen-bond donors (Lipinski definition) is 0. The minimum absolute atomic E-state index is 0.0196. The van der Waals surface area contributed by atoms with Crippen LogP contribution in [0.25, 0.3) is 0 Å². The molecule has 1 aromatic rings. The van der Waals surface area contributed by atoms with Crippen LogP contribution in [0.1, 0.15) is 5.56 Å². The van der Waals surface area contributed by atoms with Gasteiger partial charge >= 0.3 is 11.9 Å². The molecule has 1 aromatic carbocycles. The summed E-state index contributed by atoms with van der Waals surface area (Å²) in [7, 11) is -2.36. The smallest absolute Gasteiger partial charge is 0.340 e. The number of sulfone groups is 1. The minimum Gasteiger partial charge on any atom is -0.467 e. The lowest BCUT2D eigenvalue weighted by Crippen LogP contribution is -2.55. The fraction of sp³-hybridized carbons (Fsp3) is 0.333. The number of methoxy groups -OCH3 is 1. The molecule has 0 aromatic heterocycles. The lowest BCUT2D eigenvalue weighted by molar-refractivity contribution is -0.162. The van der Waals surface area contributed by atoms with Crippen LogP contribution in [0.2, 0.25) is 0 Å². The first-order valence-corrected chi connectivity index (χ1v) is 8.73. The topological polar surface area (TPSA) is 90.0 Å². The summed E-state index contributed by atoms with van der Waals surface area (Å²) in [6.45, 7) is -0.0196. The molecule has 0 N–H and O–H groups in total. The summed E-state index contributed by atoms with van der Waals surface area (Å²) in [6.07, 6.45) is 3.77. The monoisotopic (exact) mass is 339 g/mol. The predicted molar refractivity (Wildman–Crippen MR) is 81.7 cm³/mol. The number of nitrogens with zero attached hydrogens (tertiary/aromatic N) is 1. The maximum atomic E-state index is 12.2. The van der Waals surface area contributed by atoms with Gasteiger partial charge in [-0.05, 0) is 11.6 Å². The van der Waals surface area contributed by atoms with E-state index in [1.54, 1.807) is 24.3 Å². The Morgan fingerprint density at radius 2 is 1.87 bits per heavy atom. The van der Waals surface area contributed by atoms with Crippen molar-refractivity contribution in [3.63, 3.8) is 0 Å². The van der Waals surface area contributed by atoms with E-state index in [4.69, 9.17) is 4.74 Å². The molecule has 0 saturated carbocycles. The molecule has 2 atom stereocenters. The van der Waals surface area contributed by atoms with Crippen molar-refractivity contribution in [1.29, 1.82) is 0 Å². The van der Waals surface area contributed by atoms with Gasteiger partial charge in [0.15, 0.2) is 15.2 Å². The standard InChI is InChI=1S/C15H17NO6S/c1-21-14(17)13(16-9-8-12(16)23(2,19)20)15(18)22-10-11-6-4-3-5-7-11/h3-9,12-13H,10H2,1-2H3. The van der Waals surface area contributed by atoms with Gasteiger partial charge in [-0.1, -0.05) is 30.3 Å². The third-order valence-corrected chi connectivity index (χ3v) is 4.60. The second-order valence-corrected chi connectivity index (χ2v) is 7.17. The van der Waals surface area contributed by atoms with Crippen LogP contribution < -0.4 is 0 Å². The van der Waals surface area contributed by atoms with Crippen LogP contribution in [0.3, 0.4) is 0 Å². The molecule has 0 bridgehead atoms. The van der Waals surface area contributed by atoms with Crippen molar-refractivity contribution in [3.8, 4) is 0 Å². The number of ether oxygens (including phenoxy) is 2. The zero-order valence-electron chi connectivity index (χ0n) is 12.7. The van der Waals surface area contributed by atoms with E-state index in [-0.39, 0.29) is 6.61 Å². The summed E-state index contributed by atoms with van der Waals surface area (Å²) in [4.78, 5) is 25.2. The Kier molecular flexibility index (Phi) is 5.05. The number of carbonyl (C=O) groups is 2. The average Bonchev–Trinajstić information content (AvgIpc) is 2.47. The van der Waals surface area contributed by atoms with Crippen LogP contribution in [0.15, 0.2) is 42.6 Å². The Hall–Kier alpha value is -2.35. The van der Waals surface area contributed by atoms with E-state index in [0.29, 0.717) is 0 Å². The lowest BCUT2D eigenvalue weighted by atomic mass is 10.2. The summed E-state index contributed by atoms with van der Waals surface area (Å²) in [6, 6.07) is 7.49. The molecule has 2 rings (SSSR count). The molecule has 1 aliphatic heterocycles. The third kappa shape index (κ3) is 3.89. The van der Waals surface area contributed by atoms with Gasteiger partial charge in [0.25, 0.3) is 0 Å². The highest BCUT2D eigenvalue weighted by molar-refractivity contribution is 7.91. The lowest BCUT2D eigenvalue weighted by Gasteiger charge is -2.37. The Bertz CT molecular complexity index is 713. The summed E-state index contributed by atoms with van der Waals surface area (Å²) in [5, 5.41) is -1.05. The van der Waals surface area contributed by atoms with E-state index >= 15 is 0 Å². The number of esters is 2. The normalized spacial score (nSPS) is 18.0. The van der Waals surface area contributed by atoms with Crippen LogP contribution in [-0.4, -0.2) is 50.0 Å². The molecule has 0 aliphatic carbocycles. The second-order valence-electron chi connectivity index (χ2n) is 5.03. The van der Waals surface area contributed by atoms with Crippen LogP contribution in [0.4, 0.5) is 0 Å². The Labute approximate surface area is 134 Å². The highest BCUT2D eigenvalue weighted by Crippen LogP contribution is 2.23. The van der Waals surface area contributed by atoms with E-state index < -0.39 is 33.2 Å². The molecule has 1 heterocycles. The molecule has 1 aliphatic rings. The Balaban J connectivity index is 2.11. The van der Waals surface area contributed by atoms with Gasteiger partial charge in [0, 0.05) is 12.5 Å². The molecule has 2 unspecified atom stereocenters. The predicted octanol–water partition coefficient (Wildman–Crippen LogP) is 0.471. The van der Waals surface area contributed by atoms with Gasteiger partial charge in [-0.25, -0.2) is 18.0 Å². The second kappa shape index (κ2) is 6.82.